The summed E-state index contributed by atoms with van der Waals surface area (Å²) in [5, 5.41) is 17.4. The minimum atomic E-state index is -3.77. The van der Waals surface area contributed by atoms with Gasteiger partial charge in [0.1, 0.15) is 6.04 Å². The van der Waals surface area contributed by atoms with Crippen LogP contribution in [-0.4, -0.2) is 48.9 Å². The van der Waals surface area contributed by atoms with E-state index in [0.29, 0.717) is 17.4 Å². The average Bonchev–Trinajstić information content (AvgIpc) is 3.15. The van der Waals surface area contributed by atoms with Gasteiger partial charge >= 0.3 is 0 Å². The number of nitrogens with two attached hydrogens (primary N) is 1. The number of amides is 1. The Labute approximate surface area is 198 Å². The molecule has 1 atom stereocenters. The molecule has 0 saturated carbocycles. The number of nitrogens with one attached hydrogen (secondary N) is 2. The van der Waals surface area contributed by atoms with E-state index >= 15 is 0 Å². The SMILES string of the molecule is CC[C@H](c1nnc(SCC(=O)Nc2ccc(S(N)(=O)=O)cc2)n1Cc1ccccc1)[NH+](C)C. The zero-order valence-electron chi connectivity index (χ0n) is 18.9. The Morgan fingerprint density at radius 1 is 1.12 bits per heavy atom. The van der Waals surface area contributed by atoms with E-state index in [-0.39, 0.29) is 22.6 Å². The Bertz CT molecular complexity index is 1180. The highest BCUT2D eigenvalue weighted by atomic mass is 32.2. The van der Waals surface area contributed by atoms with E-state index in [4.69, 9.17) is 5.14 Å². The normalized spacial score (nSPS) is 12.6. The molecule has 0 aliphatic carbocycles. The van der Waals surface area contributed by atoms with Gasteiger partial charge in [0.15, 0.2) is 11.0 Å². The topological polar surface area (TPSA) is 124 Å². The quantitative estimate of drug-likeness (QED) is 0.369. The lowest BCUT2D eigenvalue weighted by Crippen LogP contribution is -3.06. The molecular weight excluding hydrogens is 460 g/mol. The predicted octanol–water partition coefficient (Wildman–Crippen LogP) is 1.30. The number of sulfonamides is 1. The molecule has 2 aromatic carbocycles. The molecule has 3 rings (SSSR count). The Morgan fingerprint density at radius 2 is 1.79 bits per heavy atom. The second-order valence-corrected chi connectivity index (χ2v) is 10.4. The van der Waals surface area contributed by atoms with Crippen LogP contribution >= 0.6 is 11.8 Å². The van der Waals surface area contributed by atoms with Crippen LogP contribution in [0.5, 0.6) is 0 Å². The molecule has 11 heteroatoms. The number of carbonyl (C=O) groups is 1. The van der Waals surface area contributed by atoms with Crippen molar-refractivity contribution in [1.82, 2.24) is 14.8 Å². The van der Waals surface area contributed by atoms with Gasteiger partial charge in [0.05, 0.1) is 31.3 Å². The van der Waals surface area contributed by atoms with E-state index in [2.05, 4.69) is 53.2 Å². The van der Waals surface area contributed by atoms with E-state index in [1.165, 1.54) is 40.9 Å². The van der Waals surface area contributed by atoms with Crippen molar-refractivity contribution in [1.29, 1.82) is 0 Å². The van der Waals surface area contributed by atoms with E-state index in [0.717, 1.165) is 17.8 Å². The van der Waals surface area contributed by atoms with E-state index < -0.39 is 10.0 Å². The molecule has 0 radical (unpaired) electrons. The Morgan fingerprint density at radius 3 is 2.36 bits per heavy atom. The highest BCUT2D eigenvalue weighted by Crippen LogP contribution is 2.23. The standard InChI is InChI=1S/C22H28N6O3S2/c1-4-19(27(2)3)21-25-26-22(28(21)14-16-8-6-5-7-9-16)32-15-20(29)24-17-10-12-18(13-11-17)33(23,30)31/h5-13,19H,4,14-15H2,1-3H3,(H,24,29)(H2,23,30,31)/p+1/t19-/m1/s1. The lowest BCUT2D eigenvalue weighted by atomic mass is 10.2. The second kappa shape index (κ2) is 10.9. The number of hydrogen-bond acceptors (Lipinski definition) is 6. The van der Waals surface area contributed by atoms with Gasteiger partial charge in [-0.2, -0.15) is 0 Å². The van der Waals surface area contributed by atoms with Crippen LogP contribution in [0.25, 0.3) is 0 Å². The van der Waals surface area contributed by atoms with Crippen molar-refractivity contribution in [3.8, 4) is 0 Å². The summed E-state index contributed by atoms with van der Waals surface area (Å²) in [5.41, 5.74) is 1.62. The maximum absolute atomic E-state index is 12.5. The minimum absolute atomic E-state index is 0.00934. The fourth-order valence-corrected chi connectivity index (χ4v) is 4.74. The van der Waals surface area contributed by atoms with Gasteiger partial charge in [0.2, 0.25) is 15.9 Å². The smallest absolute Gasteiger partial charge is 0.238 e. The summed E-state index contributed by atoms with van der Waals surface area (Å²) < 4.78 is 24.8. The van der Waals surface area contributed by atoms with Crippen molar-refractivity contribution in [2.24, 2.45) is 5.14 Å². The van der Waals surface area contributed by atoms with E-state index in [1.807, 2.05) is 18.2 Å². The monoisotopic (exact) mass is 489 g/mol. The molecule has 0 bridgehead atoms. The van der Waals surface area contributed by atoms with Gasteiger partial charge in [-0.05, 0) is 29.8 Å². The number of anilines is 1. The third-order valence-corrected chi connectivity index (χ3v) is 7.04. The van der Waals surface area contributed by atoms with E-state index in [1.54, 1.807) is 0 Å². The van der Waals surface area contributed by atoms with Crippen molar-refractivity contribution in [2.75, 3.05) is 25.2 Å². The summed E-state index contributed by atoms with van der Waals surface area (Å²) in [6.45, 7) is 2.74. The van der Waals surface area contributed by atoms with Crippen LogP contribution in [0.3, 0.4) is 0 Å². The Balaban J connectivity index is 1.74. The van der Waals surface area contributed by atoms with Crippen molar-refractivity contribution in [2.45, 2.75) is 36.0 Å². The molecular formula is C22H29N6O3S2+. The predicted molar refractivity (Wildman–Crippen MR) is 129 cm³/mol. The first-order valence-corrected chi connectivity index (χ1v) is 13.0. The summed E-state index contributed by atoms with van der Waals surface area (Å²) in [4.78, 5) is 13.8. The summed E-state index contributed by atoms with van der Waals surface area (Å²) in [6.07, 6.45) is 0.912. The molecule has 176 valence electrons. The first-order chi connectivity index (χ1) is 15.7. The van der Waals surface area contributed by atoms with Crippen LogP contribution in [0.15, 0.2) is 64.6 Å². The van der Waals surface area contributed by atoms with Gasteiger partial charge in [0.25, 0.3) is 0 Å². The number of benzene rings is 2. The molecule has 33 heavy (non-hydrogen) atoms. The highest BCUT2D eigenvalue weighted by Gasteiger charge is 2.25. The van der Waals surface area contributed by atoms with Crippen LogP contribution in [0, 0.1) is 0 Å². The Hall–Kier alpha value is -2.73. The number of primary sulfonamides is 1. The molecule has 1 amide bonds. The molecule has 9 nitrogen and oxygen atoms in total. The second-order valence-electron chi connectivity index (χ2n) is 7.86. The van der Waals surface area contributed by atoms with Gasteiger partial charge < -0.3 is 10.2 Å². The zero-order chi connectivity index (χ0) is 24.0. The average molecular weight is 490 g/mol. The number of aromatic nitrogens is 3. The first kappa shape index (κ1) is 24.9. The molecule has 0 saturated heterocycles. The molecule has 1 aromatic heterocycles. The molecule has 0 aliphatic heterocycles. The largest absolute Gasteiger partial charge is 0.331 e. The van der Waals surface area contributed by atoms with Crippen molar-refractivity contribution < 1.29 is 18.1 Å². The highest BCUT2D eigenvalue weighted by molar-refractivity contribution is 7.99. The van der Waals surface area contributed by atoms with E-state index in [9.17, 15) is 13.2 Å². The van der Waals surface area contributed by atoms with Gasteiger partial charge in [-0.1, -0.05) is 49.0 Å². The maximum Gasteiger partial charge on any atom is 0.238 e. The molecule has 0 fully saturated rings. The summed E-state index contributed by atoms with van der Waals surface area (Å²) in [5.74, 6) is 0.794. The first-order valence-electron chi connectivity index (χ1n) is 10.5. The number of nitrogens with zero attached hydrogens (tertiary/aromatic N) is 3. The minimum Gasteiger partial charge on any atom is -0.331 e. The maximum atomic E-state index is 12.5. The van der Waals surface area contributed by atoms with Crippen molar-refractivity contribution >= 4 is 33.4 Å². The third kappa shape index (κ3) is 6.64. The third-order valence-electron chi connectivity index (χ3n) is 5.14. The summed E-state index contributed by atoms with van der Waals surface area (Å²) in [7, 11) is 0.414. The van der Waals surface area contributed by atoms with Crippen LogP contribution < -0.4 is 15.4 Å². The van der Waals surface area contributed by atoms with Crippen LogP contribution in [0.4, 0.5) is 5.69 Å². The molecule has 0 aliphatic rings. The number of rotatable bonds is 10. The summed E-state index contributed by atoms with van der Waals surface area (Å²) >= 11 is 1.31. The lowest BCUT2D eigenvalue weighted by Gasteiger charge is -2.20. The number of thioether (sulfide) groups is 1. The van der Waals surface area contributed by atoms with Gasteiger partial charge in [-0.3, -0.25) is 9.36 Å². The zero-order valence-corrected chi connectivity index (χ0v) is 20.5. The van der Waals surface area contributed by atoms with Gasteiger partial charge in [0, 0.05) is 12.1 Å². The van der Waals surface area contributed by atoms with Crippen LogP contribution in [-0.2, 0) is 21.4 Å². The van der Waals surface area contributed by atoms with Gasteiger partial charge in [-0.25, -0.2) is 13.6 Å². The van der Waals surface area contributed by atoms with Crippen LogP contribution in [0.2, 0.25) is 0 Å². The molecule has 3 aromatic rings. The fourth-order valence-electron chi connectivity index (χ4n) is 3.48. The van der Waals surface area contributed by atoms with Crippen molar-refractivity contribution in [3.05, 3.63) is 66.0 Å². The van der Waals surface area contributed by atoms with Gasteiger partial charge in [-0.15, -0.1) is 10.2 Å². The molecule has 0 spiro atoms. The van der Waals surface area contributed by atoms with Crippen LogP contribution in [0.1, 0.15) is 30.8 Å². The number of quaternary nitrogens is 1. The Kier molecular flexibility index (Phi) is 8.25. The molecule has 1 heterocycles. The molecule has 0 unspecified atom stereocenters. The lowest BCUT2D eigenvalue weighted by molar-refractivity contribution is -0.893. The summed E-state index contributed by atoms with van der Waals surface area (Å²) in [6, 6.07) is 16.0. The molecule has 4 N–H and O–H groups in total. The number of hydrogen-bond donors (Lipinski definition) is 3. The van der Waals surface area contributed by atoms with Crippen molar-refractivity contribution in [3.63, 3.8) is 0 Å². The number of carbonyl (C=O) groups excluding carboxylic acids is 1. The fraction of sp³-hybridized carbons (Fsp3) is 0.318.